The fourth-order valence-electron chi connectivity index (χ4n) is 3.02. The van der Waals surface area contributed by atoms with Crippen LogP contribution in [-0.2, 0) is 11.2 Å². The maximum Gasteiger partial charge on any atom is 0.0709 e. The lowest BCUT2D eigenvalue weighted by Gasteiger charge is -2.11. The third-order valence-electron chi connectivity index (χ3n) is 4.58. The molecule has 0 aliphatic rings. The number of hydrogen-bond acceptors (Lipinski definition) is 2. The van der Waals surface area contributed by atoms with Crippen LogP contribution in [0.5, 0.6) is 0 Å². The Labute approximate surface area is 159 Å². The molecule has 0 aliphatic heterocycles. The average molecular weight is 352 g/mol. The molecule has 0 saturated heterocycles. The van der Waals surface area contributed by atoms with Crippen molar-refractivity contribution < 1.29 is 4.74 Å². The third kappa shape index (κ3) is 7.13. The van der Waals surface area contributed by atoms with Crippen LogP contribution in [0.3, 0.4) is 0 Å². The molecule has 0 N–H and O–H groups in total. The van der Waals surface area contributed by atoms with Crippen LogP contribution in [0.2, 0.25) is 0 Å². The van der Waals surface area contributed by atoms with Crippen LogP contribution in [0, 0.1) is 0 Å². The van der Waals surface area contributed by atoms with Gasteiger partial charge >= 0.3 is 0 Å². The first-order chi connectivity index (χ1) is 12.7. The number of ether oxygens (including phenoxy) is 1. The molecule has 0 spiro atoms. The second kappa shape index (κ2) is 11.6. The lowest BCUT2D eigenvalue weighted by molar-refractivity contribution is 0.0566. The van der Waals surface area contributed by atoms with Crippen LogP contribution >= 0.6 is 0 Å². The predicted octanol–water partition coefficient (Wildman–Crippen LogP) is 6.74. The standard InChI is InChI=1S/C24H33NO/c1-4-6-10-18-26-20(3)12-8-7-9-13-23-16-15-22-19-21(11-5-2)14-17-24(22)25-23/h5,9,13-17,19-20H,2,4,6-8,10-12,18H2,1,3H3. The SMILES string of the molecule is C=CCc1ccc2nc(C=CCCCC(C)OCCCCC)ccc2c1. The number of hydrogen-bond donors (Lipinski definition) is 0. The molecule has 2 nitrogen and oxygen atoms in total. The van der Waals surface area contributed by atoms with Gasteiger partial charge in [-0.25, -0.2) is 4.98 Å². The van der Waals surface area contributed by atoms with Gasteiger partial charge in [0.25, 0.3) is 0 Å². The summed E-state index contributed by atoms with van der Waals surface area (Å²) in [5, 5.41) is 1.19. The van der Waals surface area contributed by atoms with E-state index in [0.29, 0.717) is 6.10 Å². The zero-order valence-electron chi connectivity index (χ0n) is 16.4. The summed E-state index contributed by atoms with van der Waals surface area (Å²) in [5.41, 5.74) is 3.36. The smallest absolute Gasteiger partial charge is 0.0709 e. The Balaban J connectivity index is 1.75. The molecular weight excluding hydrogens is 318 g/mol. The van der Waals surface area contributed by atoms with Gasteiger partial charge < -0.3 is 4.74 Å². The molecule has 0 saturated carbocycles. The van der Waals surface area contributed by atoms with E-state index in [1.807, 2.05) is 6.08 Å². The number of benzene rings is 1. The van der Waals surface area contributed by atoms with E-state index in [0.717, 1.165) is 43.5 Å². The maximum absolute atomic E-state index is 5.84. The summed E-state index contributed by atoms with van der Waals surface area (Å²) in [6, 6.07) is 10.7. The number of allylic oxidation sites excluding steroid dienone is 2. The van der Waals surface area contributed by atoms with Gasteiger partial charge in [-0.1, -0.05) is 44.1 Å². The highest BCUT2D eigenvalue weighted by Gasteiger charge is 2.01. The van der Waals surface area contributed by atoms with Crippen molar-refractivity contribution in [1.82, 2.24) is 4.98 Å². The Bertz CT molecular complexity index is 704. The minimum Gasteiger partial charge on any atom is -0.379 e. The summed E-state index contributed by atoms with van der Waals surface area (Å²) in [4.78, 5) is 4.73. The van der Waals surface area contributed by atoms with E-state index in [4.69, 9.17) is 9.72 Å². The van der Waals surface area contributed by atoms with E-state index in [1.54, 1.807) is 0 Å². The van der Waals surface area contributed by atoms with E-state index in [9.17, 15) is 0 Å². The van der Waals surface area contributed by atoms with Gasteiger partial charge in [-0.3, -0.25) is 0 Å². The number of rotatable bonds is 12. The summed E-state index contributed by atoms with van der Waals surface area (Å²) >= 11 is 0. The first-order valence-corrected chi connectivity index (χ1v) is 10.0. The average Bonchev–Trinajstić information content (AvgIpc) is 2.65. The second-order valence-corrected chi connectivity index (χ2v) is 6.98. The van der Waals surface area contributed by atoms with Crippen molar-refractivity contribution in [3.05, 3.63) is 60.3 Å². The van der Waals surface area contributed by atoms with E-state index < -0.39 is 0 Å². The van der Waals surface area contributed by atoms with E-state index >= 15 is 0 Å². The number of unbranched alkanes of at least 4 members (excludes halogenated alkanes) is 3. The molecule has 1 aromatic heterocycles. The maximum atomic E-state index is 5.84. The van der Waals surface area contributed by atoms with Crippen LogP contribution in [0.15, 0.2) is 49.1 Å². The van der Waals surface area contributed by atoms with Crippen molar-refractivity contribution in [2.75, 3.05) is 6.61 Å². The van der Waals surface area contributed by atoms with Crippen LogP contribution in [0.4, 0.5) is 0 Å². The molecule has 1 unspecified atom stereocenters. The van der Waals surface area contributed by atoms with Crippen molar-refractivity contribution in [2.45, 2.75) is 64.9 Å². The summed E-state index contributed by atoms with van der Waals surface area (Å²) < 4.78 is 5.84. The van der Waals surface area contributed by atoms with E-state index in [1.165, 1.54) is 30.2 Å². The Kier molecular flexibility index (Phi) is 9.13. The molecule has 0 fully saturated rings. The highest BCUT2D eigenvalue weighted by molar-refractivity contribution is 5.80. The summed E-state index contributed by atoms with van der Waals surface area (Å²) in [5.74, 6) is 0. The third-order valence-corrected chi connectivity index (χ3v) is 4.58. The number of fused-ring (bicyclic) bond motifs is 1. The molecule has 1 atom stereocenters. The molecule has 0 bridgehead atoms. The minimum absolute atomic E-state index is 0.365. The lowest BCUT2D eigenvalue weighted by Crippen LogP contribution is -2.08. The van der Waals surface area contributed by atoms with Crippen LogP contribution in [-0.4, -0.2) is 17.7 Å². The summed E-state index contributed by atoms with van der Waals surface area (Å²) in [6.45, 7) is 9.11. The van der Waals surface area contributed by atoms with Gasteiger partial charge in [-0.05, 0) is 68.9 Å². The van der Waals surface area contributed by atoms with Gasteiger partial charge in [0.05, 0.1) is 17.3 Å². The molecule has 140 valence electrons. The summed E-state index contributed by atoms with van der Waals surface area (Å²) in [6.07, 6.45) is 14.6. The molecule has 0 amide bonds. The van der Waals surface area contributed by atoms with Crippen molar-refractivity contribution in [3.8, 4) is 0 Å². The van der Waals surface area contributed by atoms with Crippen LogP contribution in [0.25, 0.3) is 17.0 Å². The minimum atomic E-state index is 0.365. The number of aromatic nitrogens is 1. The molecule has 2 heteroatoms. The molecule has 26 heavy (non-hydrogen) atoms. The van der Waals surface area contributed by atoms with Gasteiger partial charge in [0.1, 0.15) is 0 Å². The van der Waals surface area contributed by atoms with Crippen molar-refractivity contribution in [1.29, 1.82) is 0 Å². The van der Waals surface area contributed by atoms with Gasteiger partial charge in [-0.15, -0.1) is 6.58 Å². The zero-order chi connectivity index (χ0) is 18.6. The van der Waals surface area contributed by atoms with E-state index in [2.05, 4.69) is 62.9 Å². The highest BCUT2D eigenvalue weighted by Crippen LogP contribution is 2.16. The Hall–Kier alpha value is -1.93. The Morgan fingerprint density at radius 3 is 2.85 bits per heavy atom. The highest BCUT2D eigenvalue weighted by atomic mass is 16.5. The van der Waals surface area contributed by atoms with Gasteiger partial charge in [0.2, 0.25) is 0 Å². The molecule has 2 rings (SSSR count). The van der Waals surface area contributed by atoms with Gasteiger partial charge in [-0.2, -0.15) is 0 Å². The first kappa shape index (κ1) is 20.4. The number of nitrogens with zero attached hydrogens (tertiary/aromatic N) is 1. The molecular formula is C24H33NO. The van der Waals surface area contributed by atoms with E-state index in [-0.39, 0.29) is 0 Å². The van der Waals surface area contributed by atoms with Crippen LogP contribution in [0.1, 0.15) is 63.6 Å². The normalized spacial score (nSPS) is 12.7. The molecule has 2 aromatic rings. The predicted molar refractivity (Wildman–Crippen MR) is 113 cm³/mol. The summed E-state index contributed by atoms with van der Waals surface area (Å²) in [7, 11) is 0. The molecule has 1 heterocycles. The largest absolute Gasteiger partial charge is 0.379 e. The second-order valence-electron chi connectivity index (χ2n) is 6.98. The zero-order valence-corrected chi connectivity index (χ0v) is 16.4. The molecule has 0 radical (unpaired) electrons. The molecule has 0 aliphatic carbocycles. The van der Waals surface area contributed by atoms with Crippen molar-refractivity contribution in [2.24, 2.45) is 0 Å². The van der Waals surface area contributed by atoms with Gasteiger partial charge in [0, 0.05) is 12.0 Å². The van der Waals surface area contributed by atoms with Crippen LogP contribution < -0.4 is 0 Å². The quantitative estimate of drug-likeness (QED) is 0.312. The first-order valence-electron chi connectivity index (χ1n) is 10.0. The Morgan fingerprint density at radius 2 is 2.04 bits per heavy atom. The molecule has 1 aromatic carbocycles. The fourth-order valence-corrected chi connectivity index (χ4v) is 3.02. The monoisotopic (exact) mass is 351 g/mol. The number of pyridine rings is 1. The van der Waals surface area contributed by atoms with Crippen molar-refractivity contribution >= 4 is 17.0 Å². The topological polar surface area (TPSA) is 22.1 Å². The Morgan fingerprint density at radius 1 is 1.15 bits per heavy atom. The van der Waals surface area contributed by atoms with Crippen molar-refractivity contribution in [3.63, 3.8) is 0 Å². The fraction of sp³-hybridized carbons (Fsp3) is 0.458. The van der Waals surface area contributed by atoms with Gasteiger partial charge in [0.15, 0.2) is 0 Å². The lowest BCUT2D eigenvalue weighted by atomic mass is 10.1.